The van der Waals surface area contributed by atoms with Crippen LogP contribution in [0.4, 0.5) is 5.82 Å². The van der Waals surface area contributed by atoms with Crippen molar-refractivity contribution in [3.05, 3.63) is 23.9 Å². The number of nitrogens with zero attached hydrogens (tertiary/aromatic N) is 1. The van der Waals surface area contributed by atoms with Crippen LogP contribution in [0.1, 0.15) is 25.3 Å². The van der Waals surface area contributed by atoms with Gasteiger partial charge in [-0.1, -0.05) is 6.92 Å². The summed E-state index contributed by atoms with van der Waals surface area (Å²) < 4.78 is 0. The van der Waals surface area contributed by atoms with Crippen molar-refractivity contribution < 1.29 is 4.79 Å². The third-order valence-corrected chi connectivity index (χ3v) is 3.15. The molecule has 2 N–H and O–H groups in total. The summed E-state index contributed by atoms with van der Waals surface area (Å²) >= 11 is 0. The molecule has 1 fully saturated rings. The average molecular weight is 270 g/mol. The molecular formula is C13H20ClN3O. The number of nitrogens with one attached hydrogen (secondary N) is 2. The van der Waals surface area contributed by atoms with Crippen LogP contribution in [0.3, 0.4) is 0 Å². The molecule has 100 valence electrons. The zero-order valence-electron chi connectivity index (χ0n) is 10.8. The van der Waals surface area contributed by atoms with Gasteiger partial charge in [0.05, 0.1) is 6.04 Å². The average Bonchev–Trinajstić information content (AvgIpc) is 2.29. The smallest absolute Gasteiger partial charge is 0.242 e. The molecule has 0 bridgehead atoms. The van der Waals surface area contributed by atoms with Crippen LogP contribution in [0.25, 0.3) is 0 Å². The van der Waals surface area contributed by atoms with Crippen LogP contribution in [0.15, 0.2) is 18.3 Å². The Balaban J connectivity index is 0.00000162. The van der Waals surface area contributed by atoms with E-state index in [-0.39, 0.29) is 24.4 Å². The number of piperidine rings is 1. The van der Waals surface area contributed by atoms with Crippen LogP contribution >= 0.6 is 12.4 Å². The quantitative estimate of drug-likeness (QED) is 0.865. The molecule has 1 saturated heterocycles. The molecule has 0 spiro atoms. The standard InChI is InChI=1S/C13H19N3O.ClH/c1-9-3-5-14-11(7-9)13(17)16-12-8-10(2)4-6-15-12;/h4,6,8-9,11,14H,3,5,7H2,1-2H3,(H,15,16,17);1H. The van der Waals surface area contributed by atoms with Gasteiger partial charge < -0.3 is 10.6 Å². The second kappa shape index (κ2) is 6.71. The highest BCUT2D eigenvalue weighted by molar-refractivity contribution is 5.94. The van der Waals surface area contributed by atoms with Crippen molar-refractivity contribution in [2.24, 2.45) is 5.92 Å². The van der Waals surface area contributed by atoms with Gasteiger partial charge in [-0.05, 0) is 49.9 Å². The highest BCUT2D eigenvalue weighted by atomic mass is 35.5. The van der Waals surface area contributed by atoms with Crippen LogP contribution in [0.2, 0.25) is 0 Å². The molecule has 1 amide bonds. The van der Waals surface area contributed by atoms with E-state index in [0.29, 0.717) is 11.7 Å². The topological polar surface area (TPSA) is 54.0 Å². The molecule has 2 unspecified atom stereocenters. The van der Waals surface area contributed by atoms with E-state index in [1.807, 2.05) is 19.1 Å². The number of aromatic nitrogens is 1. The van der Waals surface area contributed by atoms with Gasteiger partial charge in [-0.2, -0.15) is 0 Å². The normalized spacial score (nSPS) is 23.0. The highest BCUT2D eigenvalue weighted by Gasteiger charge is 2.24. The lowest BCUT2D eigenvalue weighted by Crippen LogP contribution is -2.45. The van der Waals surface area contributed by atoms with Gasteiger partial charge in [-0.25, -0.2) is 4.98 Å². The third-order valence-electron chi connectivity index (χ3n) is 3.15. The number of halogens is 1. The van der Waals surface area contributed by atoms with Gasteiger partial charge in [0, 0.05) is 6.20 Å². The molecule has 0 aliphatic carbocycles. The molecule has 1 aliphatic heterocycles. The van der Waals surface area contributed by atoms with Gasteiger partial charge >= 0.3 is 0 Å². The predicted octanol–water partition coefficient (Wildman–Crippen LogP) is 2.14. The number of carbonyl (C=O) groups excluding carboxylic acids is 1. The first-order valence-electron chi connectivity index (χ1n) is 6.12. The second-order valence-electron chi connectivity index (χ2n) is 4.84. The van der Waals surface area contributed by atoms with E-state index in [9.17, 15) is 4.79 Å². The Morgan fingerprint density at radius 3 is 3.00 bits per heavy atom. The fraction of sp³-hybridized carbons (Fsp3) is 0.538. The molecule has 4 nitrogen and oxygen atoms in total. The zero-order chi connectivity index (χ0) is 12.3. The Morgan fingerprint density at radius 2 is 2.33 bits per heavy atom. The van der Waals surface area contributed by atoms with Crippen molar-refractivity contribution in [2.45, 2.75) is 32.7 Å². The lowest BCUT2D eigenvalue weighted by molar-refractivity contribution is -0.119. The molecule has 0 aromatic carbocycles. The summed E-state index contributed by atoms with van der Waals surface area (Å²) in [6.07, 6.45) is 3.76. The molecule has 2 rings (SSSR count). The van der Waals surface area contributed by atoms with Crippen molar-refractivity contribution in [3.8, 4) is 0 Å². The Kier molecular flexibility index (Phi) is 5.56. The van der Waals surface area contributed by atoms with Crippen molar-refractivity contribution in [1.29, 1.82) is 0 Å². The minimum absolute atomic E-state index is 0. The number of pyridine rings is 1. The number of carbonyl (C=O) groups is 1. The Hall–Kier alpha value is -1.13. The van der Waals surface area contributed by atoms with E-state index in [4.69, 9.17) is 0 Å². The summed E-state index contributed by atoms with van der Waals surface area (Å²) in [6, 6.07) is 3.71. The molecular weight excluding hydrogens is 250 g/mol. The van der Waals surface area contributed by atoms with Gasteiger partial charge in [0.2, 0.25) is 5.91 Å². The van der Waals surface area contributed by atoms with E-state index >= 15 is 0 Å². The minimum Gasteiger partial charge on any atom is -0.309 e. The Morgan fingerprint density at radius 1 is 1.56 bits per heavy atom. The molecule has 1 aromatic heterocycles. The van der Waals surface area contributed by atoms with Gasteiger partial charge in [0.15, 0.2) is 0 Å². The van der Waals surface area contributed by atoms with Crippen molar-refractivity contribution >= 4 is 24.1 Å². The number of rotatable bonds is 2. The van der Waals surface area contributed by atoms with Crippen LogP contribution in [-0.2, 0) is 4.79 Å². The van der Waals surface area contributed by atoms with Crippen LogP contribution in [-0.4, -0.2) is 23.5 Å². The molecule has 18 heavy (non-hydrogen) atoms. The largest absolute Gasteiger partial charge is 0.309 e. The second-order valence-corrected chi connectivity index (χ2v) is 4.84. The van der Waals surface area contributed by atoms with Gasteiger partial charge in [0.25, 0.3) is 0 Å². The van der Waals surface area contributed by atoms with E-state index in [0.717, 1.165) is 24.9 Å². The summed E-state index contributed by atoms with van der Waals surface area (Å²) in [4.78, 5) is 16.1. The van der Waals surface area contributed by atoms with Gasteiger partial charge in [-0.3, -0.25) is 4.79 Å². The molecule has 0 saturated carbocycles. The molecule has 0 radical (unpaired) electrons. The van der Waals surface area contributed by atoms with Crippen molar-refractivity contribution in [3.63, 3.8) is 0 Å². The Bertz CT molecular complexity index is 411. The summed E-state index contributed by atoms with van der Waals surface area (Å²) in [5.41, 5.74) is 1.10. The number of amides is 1. The first-order valence-corrected chi connectivity index (χ1v) is 6.12. The van der Waals surface area contributed by atoms with Crippen LogP contribution < -0.4 is 10.6 Å². The maximum Gasteiger partial charge on any atom is 0.242 e. The summed E-state index contributed by atoms with van der Waals surface area (Å²) in [5, 5.41) is 6.10. The third kappa shape index (κ3) is 3.96. The number of anilines is 1. The van der Waals surface area contributed by atoms with E-state index in [2.05, 4.69) is 22.5 Å². The maximum absolute atomic E-state index is 12.0. The first kappa shape index (κ1) is 14.9. The van der Waals surface area contributed by atoms with Crippen LogP contribution in [0.5, 0.6) is 0 Å². The van der Waals surface area contributed by atoms with E-state index in [1.54, 1.807) is 6.20 Å². The fourth-order valence-corrected chi connectivity index (χ4v) is 2.13. The number of hydrogen-bond acceptors (Lipinski definition) is 3. The van der Waals surface area contributed by atoms with Crippen molar-refractivity contribution in [1.82, 2.24) is 10.3 Å². The molecule has 1 aliphatic rings. The molecule has 2 atom stereocenters. The van der Waals surface area contributed by atoms with E-state index in [1.165, 1.54) is 0 Å². The SMILES string of the molecule is Cc1ccnc(NC(=O)C2CC(C)CCN2)c1.Cl. The van der Waals surface area contributed by atoms with Gasteiger partial charge in [0.1, 0.15) is 5.82 Å². The first-order chi connectivity index (χ1) is 8.15. The van der Waals surface area contributed by atoms with Gasteiger partial charge in [-0.15, -0.1) is 12.4 Å². The molecule has 2 heterocycles. The highest BCUT2D eigenvalue weighted by Crippen LogP contribution is 2.16. The summed E-state index contributed by atoms with van der Waals surface area (Å²) in [6.45, 7) is 5.09. The molecule has 1 aromatic rings. The lowest BCUT2D eigenvalue weighted by atomic mass is 9.94. The number of aryl methyl sites for hydroxylation is 1. The number of hydrogen-bond donors (Lipinski definition) is 2. The summed E-state index contributed by atoms with van der Waals surface area (Å²) in [5.74, 6) is 1.27. The zero-order valence-corrected chi connectivity index (χ0v) is 11.6. The lowest BCUT2D eigenvalue weighted by Gasteiger charge is -2.27. The van der Waals surface area contributed by atoms with E-state index < -0.39 is 0 Å². The van der Waals surface area contributed by atoms with Crippen LogP contribution in [0, 0.1) is 12.8 Å². The monoisotopic (exact) mass is 269 g/mol. The fourth-order valence-electron chi connectivity index (χ4n) is 2.13. The maximum atomic E-state index is 12.0. The van der Waals surface area contributed by atoms with Crippen molar-refractivity contribution in [2.75, 3.05) is 11.9 Å². The predicted molar refractivity (Wildman–Crippen MR) is 75.0 cm³/mol. The Labute approximate surface area is 114 Å². The molecule has 5 heteroatoms. The summed E-state index contributed by atoms with van der Waals surface area (Å²) in [7, 11) is 0. The minimum atomic E-state index is -0.0823.